The molecule has 35 heavy (non-hydrogen) atoms. The fourth-order valence-corrected chi connectivity index (χ4v) is 3.91. The van der Waals surface area contributed by atoms with Gasteiger partial charge in [0, 0.05) is 43.7 Å². The van der Waals surface area contributed by atoms with Gasteiger partial charge in [-0.05, 0) is 35.9 Å². The van der Waals surface area contributed by atoms with Gasteiger partial charge in [0.05, 0.1) is 11.1 Å². The zero-order chi connectivity index (χ0) is 24.7. The molecule has 0 bridgehead atoms. The zero-order valence-corrected chi connectivity index (χ0v) is 18.2. The Labute approximate surface area is 195 Å². The summed E-state index contributed by atoms with van der Waals surface area (Å²) in [5, 5.41) is 5.52. The first-order chi connectivity index (χ1) is 16.7. The van der Waals surface area contributed by atoms with E-state index in [2.05, 4.69) is 30.6 Å². The second-order valence-electron chi connectivity index (χ2n) is 7.73. The Morgan fingerprint density at radius 2 is 1.97 bits per heavy atom. The van der Waals surface area contributed by atoms with Gasteiger partial charge in [-0.25, -0.2) is 14.4 Å². The number of carbonyl (C=O) groups is 1. The van der Waals surface area contributed by atoms with E-state index in [1.165, 1.54) is 12.1 Å². The molecule has 0 saturated carbocycles. The Morgan fingerprint density at radius 3 is 2.74 bits per heavy atom. The van der Waals surface area contributed by atoms with Crippen LogP contribution in [-0.4, -0.2) is 39.0 Å². The summed E-state index contributed by atoms with van der Waals surface area (Å²) in [5.74, 6) is -0.677. The minimum atomic E-state index is -4.61. The van der Waals surface area contributed by atoms with Gasteiger partial charge in [-0.15, -0.1) is 0 Å². The summed E-state index contributed by atoms with van der Waals surface area (Å²) in [4.78, 5) is 29.2. The Kier molecular flexibility index (Phi) is 5.42. The van der Waals surface area contributed by atoms with Crippen LogP contribution in [0.2, 0.25) is 0 Å². The number of aromatic nitrogens is 4. The van der Waals surface area contributed by atoms with Crippen molar-refractivity contribution >= 4 is 17.5 Å². The van der Waals surface area contributed by atoms with Crippen LogP contribution in [0.25, 0.3) is 22.5 Å². The predicted octanol–water partition coefficient (Wildman–Crippen LogP) is 3.81. The largest absolute Gasteiger partial charge is 0.416 e. The molecule has 1 aromatic carbocycles. The lowest BCUT2D eigenvalue weighted by molar-refractivity contribution is -0.137. The van der Waals surface area contributed by atoms with E-state index in [0.29, 0.717) is 41.7 Å². The Bertz CT molecular complexity index is 1500. The molecule has 0 saturated heterocycles. The number of hydrogen-bond donors (Lipinski definition) is 2. The molecule has 1 aromatic heterocycles. The quantitative estimate of drug-likeness (QED) is 0.432. The van der Waals surface area contributed by atoms with Crippen molar-refractivity contribution in [3.63, 3.8) is 0 Å². The molecule has 0 atom stereocenters. The maximum atomic E-state index is 14.6. The van der Waals surface area contributed by atoms with Gasteiger partial charge in [0.1, 0.15) is 23.3 Å². The maximum absolute atomic E-state index is 14.6. The first-order valence-electron chi connectivity index (χ1n) is 10.5. The number of alkyl halides is 3. The Hall–Kier alpha value is -4.35. The molecule has 0 radical (unpaired) electrons. The number of fused-ring (bicyclic) bond motifs is 3. The molecule has 0 spiro atoms. The molecule has 4 heterocycles. The fraction of sp³-hybridized carbons (Fsp3) is 0.174. The van der Waals surface area contributed by atoms with E-state index in [-0.39, 0.29) is 11.4 Å². The predicted molar refractivity (Wildman–Crippen MR) is 119 cm³/mol. The third kappa shape index (κ3) is 4.18. The van der Waals surface area contributed by atoms with Crippen LogP contribution in [0.5, 0.6) is 0 Å². The van der Waals surface area contributed by atoms with Crippen LogP contribution in [0.1, 0.15) is 15.9 Å². The highest BCUT2D eigenvalue weighted by Gasteiger charge is 2.31. The molecule has 3 aliphatic rings. The minimum Gasteiger partial charge on any atom is -0.369 e. The highest BCUT2D eigenvalue weighted by atomic mass is 19.4. The molecule has 2 N–H and O–H groups in total. The molecule has 1 amide bonds. The third-order valence-corrected chi connectivity index (χ3v) is 5.54. The average Bonchev–Trinajstić information content (AvgIpc) is 3.33. The first-order valence-corrected chi connectivity index (χ1v) is 10.5. The van der Waals surface area contributed by atoms with Gasteiger partial charge in [0.15, 0.2) is 0 Å². The van der Waals surface area contributed by atoms with E-state index in [9.17, 15) is 22.4 Å². The lowest BCUT2D eigenvalue weighted by atomic mass is 10.0. The third-order valence-electron chi connectivity index (χ3n) is 5.54. The number of nitrogens with one attached hydrogen (secondary N) is 2. The summed E-state index contributed by atoms with van der Waals surface area (Å²) in [7, 11) is 1.60. The SMILES string of the molecule is CN=c1ncc2cc(-c3ccc(F)c(C(=O)Nc4cc(C(F)(F)F)ccn4)c3)c3n(c-2n1)CCN3. The van der Waals surface area contributed by atoms with Crippen LogP contribution in [0.3, 0.4) is 0 Å². The summed E-state index contributed by atoms with van der Waals surface area (Å²) in [6.07, 6.45) is -2.05. The van der Waals surface area contributed by atoms with Crippen LogP contribution in [-0.2, 0) is 12.7 Å². The van der Waals surface area contributed by atoms with Gasteiger partial charge >= 0.3 is 6.18 Å². The zero-order valence-electron chi connectivity index (χ0n) is 18.2. The number of amides is 1. The standard InChI is InChI=1S/C23H17F4N7O/c1-28-22-31-11-13-9-15(20-30-6-7-34(20)19(13)33-22)12-2-3-17(24)16(8-12)21(35)32-18-10-14(4-5-29-18)23(25,26)27/h2-5,8-11,30H,6-7H2,1H3,(H,29,32,35). The summed E-state index contributed by atoms with van der Waals surface area (Å²) < 4.78 is 55.5. The first kappa shape index (κ1) is 22.4. The molecule has 8 nitrogen and oxygen atoms in total. The van der Waals surface area contributed by atoms with Crippen LogP contribution in [0.4, 0.5) is 29.2 Å². The van der Waals surface area contributed by atoms with E-state index in [1.807, 2.05) is 10.6 Å². The van der Waals surface area contributed by atoms with Gasteiger partial charge in [0.25, 0.3) is 5.91 Å². The molecule has 3 aliphatic heterocycles. The summed E-state index contributed by atoms with van der Waals surface area (Å²) in [6.45, 7) is 1.28. The number of halogens is 4. The van der Waals surface area contributed by atoms with E-state index in [1.54, 1.807) is 13.2 Å². The lowest BCUT2D eigenvalue weighted by Gasteiger charge is -2.17. The van der Waals surface area contributed by atoms with Crippen molar-refractivity contribution in [3.8, 4) is 22.5 Å². The molecular weight excluding hydrogens is 466 g/mol. The van der Waals surface area contributed by atoms with Crippen molar-refractivity contribution < 1.29 is 22.4 Å². The van der Waals surface area contributed by atoms with E-state index < -0.39 is 23.5 Å². The number of hydrogen-bond acceptors (Lipinski definition) is 6. The molecule has 0 aliphatic carbocycles. The summed E-state index contributed by atoms with van der Waals surface area (Å²) >= 11 is 0. The molecule has 12 heteroatoms. The Balaban J connectivity index is 1.54. The van der Waals surface area contributed by atoms with E-state index in [0.717, 1.165) is 29.7 Å². The summed E-state index contributed by atoms with van der Waals surface area (Å²) in [6, 6.07) is 7.29. The van der Waals surface area contributed by atoms with Crippen molar-refractivity contribution in [2.75, 3.05) is 24.2 Å². The van der Waals surface area contributed by atoms with E-state index >= 15 is 0 Å². The van der Waals surface area contributed by atoms with Crippen LogP contribution in [0, 0.1) is 5.82 Å². The van der Waals surface area contributed by atoms with Gasteiger partial charge < -0.3 is 15.2 Å². The monoisotopic (exact) mass is 483 g/mol. The Morgan fingerprint density at radius 1 is 1.14 bits per heavy atom. The van der Waals surface area contributed by atoms with Crippen molar-refractivity contribution in [1.82, 2.24) is 19.5 Å². The van der Waals surface area contributed by atoms with Crippen molar-refractivity contribution in [2.24, 2.45) is 4.99 Å². The number of nitrogens with zero attached hydrogens (tertiary/aromatic N) is 5. The van der Waals surface area contributed by atoms with Crippen molar-refractivity contribution in [2.45, 2.75) is 12.7 Å². The van der Waals surface area contributed by atoms with Gasteiger partial charge in [-0.2, -0.15) is 18.2 Å². The molecule has 2 aromatic rings. The van der Waals surface area contributed by atoms with Crippen LogP contribution in [0.15, 0.2) is 53.8 Å². The fourth-order valence-electron chi connectivity index (χ4n) is 3.91. The van der Waals surface area contributed by atoms with Gasteiger partial charge in [-0.3, -0.25) is 9.79 Å². The van der Waals surface area contributed by atoms with Crippen molar-refractivity contribution in [3.05, 3.63) is 71.4 Å². The number of benzene rings is 1. The maximum Gasteiger partial charge on any atom is 0.416 e. The second kappa shape index (κ2) is 8.46. The highest BCUT2D eigenvalue weighted by molar-refractivity contribution is 6.05. The molecule has 0 unspecified atom stereocenters. The highest BCUT2D eigenvalue weighted by Crippen LogP contribution is 2.37. The van der Waals surface area contributed by atoms with Crippen molar-refractivity contribution in [1.29, 1.82) is 0 Å². The number of pyridine rings is 2. The van der Waals surface area contributed by atoms with Gasteiger partial charge in [0.2, 0.25) is 5.62 Å². The second-order valence-corrected chi connectivity index (χ2v) is 7.73. The van der Waals surface area contributed by atoms with Gasteiger partial charge in [-0.1, -0.05) is 6.07 Å². The number of carbonyl (C=O) groups excluding carboxylic acids is 1. The number of anilines is 2. The smallest absolute Gasteiger partial charge is 0.369 e. The molecular formula is C23H17F4N7O. The topological polar surface area (TPSA) is 97.1 Å². The summed E-state index contributed by atoms with van der Waals surface area (Å²) in [5.41, 5.74) is 0.964. The molecule has 0 fully saturated rings. The molecule has 5 rings (SSSR count). The normalized spacial score (nSPS) is 13.6. The van der Waals surface area contributed by atoms with Crippen LogP contribution >= 0.6 is 0 Å². The van der Waals surface area contributed by atoms with Crippen LogP contribution < -0.4 is 16.3 Å². The lowest BCUT2D eigenvalue weighted by Crippen LogP contribution is -2.17. The average molecular weight is 483 g/mol. The minimum absolute atomic E-state index is 0.338. The number of rotatable bonds is 3. The molecule has 178 valence electrons. The van der Waals surface area contributed by atoms with E-state index in [4.69, 9.17) is 0 Å².